The standard InChI is InChI=1S/C17H30N4/c1-4-9-14-20-15(18-6-3)12-16(21-14)19-13-17(5-2)10-7-8-11-17/h12H,4-11,13H2,1-3H3,(H2,18,19,20,21). The van der Waals surface area contributed by atoms with Crippen molar-refractivity contribution in [1.82, 2.24) is 9.97 Å². The van der Waals surface area contributed by atoms with Crippen LogP contribution in [-0.2, 0) is 6.42 Å². The van der Waals surface area contributed by atoms with Crippen molar-refractivity contribution in [3.05, 3.63) is 11.9 Å². The summed E-state index contributed by atoms with van der Waals surface area (Å²) in [5.41, 5.74) is 0.480. The second-order valence-corrected chi connectivity index (χ2v) is 6.25. The van der Waals surface area contributed by atoms with E-state index < -0.39 is 0 Å². The van der Waals surface area contributed by atoms with Gasteiger partial charge in [-0.3, -0.25) is 0 Å². The van der Waals surface area contributed by atoms with E-state index in [1.807, 2.05) is 6.07 Å². The Balaban J connectivity index is 2.07. The molecule has 0 bridgehead atoms. The van der Waals surface area contributed by atoms with Gasteiger partial charge in [0.15, 0.2) is 0 Å². The SMILES string of the molecule is CCCc1nc(NCC)cc(NCC2(CC)CCCC2)n1. The number of aryl methyl sites for hydroxylation is 1. The van der Waals surface area contributed by atoms with Crippen LogP contribution in [0, 0.1) is 5.41 Å². The van der Waals surface area contributed by atoms with Crippen LogP contribution in [0.4, 0.5) is 11.6 Å². The Hall–Kier alpha value is -1.32. The molecule has 1 aromatic rings. The number of aromatic nitrogens is 2. The minimum absolute atomic E-state index is 0.480. The van der Waals surface area contributed by atoms with Gasteiger partial charge in [-0.25, -0.2) is 9.97 Å². The lowest BCUT2D eigenvalue weighted by molar-refractivity contribution is 0.306. The summed E-state index contributed by atoms with van der Waals surface area (Å²) >= 11 is 0. The largest absolute Gasteiger partial charge is 0.370 e. The third kappa shape index (κ3) is 4.32. The van der Waals surface area contributed by atoms with Gasteiger partial charge in [0.2, 0.25) is 0 Å². The molecule has 0 amide bonds. The van der Waals surface area contributed by atoms with E-state index in [1.165, 1.54) is 32.1 Å². The molecule has 118 valence electrons. The molecule has 0 aliphatic heterocycles. The highest BCUT2D eigenvalue weighted by Gasteiger charge is 2.31. The molecule has 2 rings (SSSR count). The summed E-state index contributed by atoms with van der Waals surface area (Å²) in [5.74, 6) is 2.86. The Morgan fingerprint density at radius 1 is 1.05 bits per heavy atom. The molecule has 0 radical (unpaired) electrons. The molecule has 1 heterocycles. The first-order valence-electron chi connectivity index (χ1n) is 8.57. The minimum atomic E-state index is 0.480. The smallest absolute Gasteiger partial charge is 0.133 e. The third-order valence-electron chi connectivity index (χ3n) is 4.66. The summed E-state index contributed by atoms with van der Waals surface area (Å²) in [6.07, 6.45) is 8.73. The van der Waals surface area contributed by atoms with Crippen molar-refractivity contribution in [1.29, 1.82) is 0 Å². The molecule has 1 fully saturated rings. The number of nitrogens with zero attached hydrogens (tertiary/aromatic N) is 2. The van der Waals surface area contributed by atoms with Crippen LogP contribution in [-0.4, -0.2) is 23.1 Å². The molecule has 0 saturated heterocycles. The predicted molar refractivity (Wildman–Crippen MR) is 89.9 cm³/mol. The van der Waals surface area contributed by atoms with Gasteiger partial charge in [-0.05, 0) is 38.0 Å². The third-order valence-corrected chi connectivity index (χ3v) is 4.66. The normalized spacial score (nSPS) is 16.9. The summed E-state index contributed by atoms with van der Waals surface area (Å²) in [6, 6.07) is 2.04. The van der Waals surface area contributed by atoms with Gasteiger partial charge in [-0.15, -0.1) is 0 Å². The summed E-state index contributed by atoms with van der Waals surface area (Å²) < 4.78 is 0. The Kier molecular flexibility index (Phi) is 5.83. The van der Waals surface area contributed by atoms with Crippen LogP contribution in [0.1, 0.15) is 65.1 Å². The molecule has 0 atom stereocenters. The van der Waals surface area contributed by atoms with E-state index in [-0.39, 0.29) is 0 Å². The van der Waals surface area contributed by atoms with Crippen molar-refractivity contribution < 1.29 is 0 Å². The zero-order chi connectivity index (χ0) is 15.1. The highest BCUT2D eigenvalue weighted by atomic mass is 15.1. The van der Waals surface area contributed by atoms with E-state index >= 15 is 0 Å². The number of anilines is 2. The van der Waals surface area contributed by atoms with Crippen molar-refractivity contribution >= 4 is 11.6 Å². The predicted octanol–water partition coefficient (Wildman–Crippen LogP) is 4.24. The van der Waals surface area contributed by atoms with Gasteiger partial charge < -0.3 is 10.6 Å². The van der Waals surface area contributed by atoms with E-state index in [9.17, 15) is 0 Å². The molecule has 0 aromatic carbocycles. The van der Waals surface area contributed by atoms with Crippen LogP contribution < -0.4 is 10.6 Å². The number of hydrogen-bond donors (Lipinski definition) is 2. The summed E-state index contributed by atoms with van der Waals surface area (Å²) in [7, 11) is 0. The first kappa shape index (κ1) is 16.1. The fraction of sp³-hybridized carbons (Fsp3) is 0.765. The molecule has 1 aliphatic rings. The molecule has 0 spiro atoms. The van der Waals surface area contributed by atoms with Gasteiger partial charge in [0.25, 0.3) is 0 Å². The maximum Gasteiger partial charge on any atom is 0.133 e. The lowest BCUT2D eigenvalue weighted by Gasteiger charge is -2.28. The summed E-state index contributed by atoms with van der Waals surface area (Å²) in [6.45, 7) is 8.51. The van der Waals surface area contributed by atoms with Crippen LogP contribution in [0.25, 0.3) is 0 Å². The highest BCUT2D eigenvalue weighted by Crippen LogP contribution is 2.40. The average molecular weight is 290 g/mol. The highest BCUT2D eigenvalue weighted by molar-refractivity contribution is 5.47. The molecule has 4 nitrogen and oxygen atoms in total. The fourth-order valence-corrected chi connectivity index (χ4v) is 3.25. The Morgan fingerprint density at radius 3 is 2.29 bits per heavy atom. The van der Waals surface area contributed by atoms with E-state index in [0.717, 1.165) is 43.4 Å². The van der Waals surface area contributed by atoms with Gasteiger partial charge in [0.1, 0.15) is 17.5 Å². The Morgan fingerprint density at radius 2 is 1.71 bits per heavy atom. The Bertz CT molecular complexity index is 414. The molecular formula is C17H30N4. The second-order valence-electron chi connectivity index (χ2n) is 6.25. The molecule has 21 heavy (non-hydrogen) atoms. The summed E-state index contributed by atoms with van der Waals surface area (Å²) in [4.78, 5) is 9.24. The van der Waals surface area contributed by atoms with Crippen molar-refractivity contribution in [3.63, 3.8) is 0 Å². The van der Waals surface area contributed by atoms with Crippen LogP contribution >= 0.6 is 0 Å². The van der Waals surface area contributed by atoms with E-state index in [4.69, 9.17) is 0 Å². The van der Waals surface area contributed by atoms with Crippen LogP contribution in [0.5, 0.6) is 0 Å². The van der Waals surface area contributed by atoms with E-state index in [1.54, 1.807) is 0 Å². The molecule has 1 aromatic heterocycles. The summed E-state index contributed by atoms with van der Waals surface area (Å²) in [5, 5.41) is 6.89. The van der Waals surface area contributed by atoms with Gasteiger partial charge in [0, 0.05) is 25.6 Å². The first-order valence-corrected chi connectivity index (χ1v) is 8.57. The zero-order valence-corrected chi connectivity index (χ0v) is 13.8. The molecule has 1 aliphatic carbocycles. The average Bonchev–Trinajstić information content (AvgIpc) is 2.95. The zero-order valence-electron chi connectivity index (χ0n) is 13.8. The lowest BCUT2D eigenvalue weighted by Crippen LogP contribution is -2.26. The van der Waals surface area contributed by atoms with Gasteiger partial charge in [-0.2, -0.15) is 0 Å². The van der Waals surface area contributed by atoms with Crippen LogP contribution in [0.15, 0.2) is 6.07 Å². The second kappa shape index (κ2) is 7.62. The van der Waals surface area contributed by atoms with E-state index in [2.05, 4.69) is 41.4 Å². The maximum absolute atomic E-state index is 4.67. The quantitative estimate of drug-likeness (QED) is 0.751. The van der Waals surface area contributed by atoms with Crippen LogP contribution in [0.3, 0.4) is 0 Å². The number of rotatable bonds is 8. The molecule has 0 unspecified atom stereocenters. The lowest BCUT2D eigenvalue weighted by atomic mass is 9.83. The number of nitrogens with one attached hydrogen (secondary N) is 2. The van der Waals surface area contributed by atoms with Crippen molar-refractivity contribution in [3.8, 4) is 0 Å². The van der Waals surface area contributed by atoms with Crippen LogP contribution in [0.2, 0.25) is 0 Å². The topological polar surface area (TPSA) is 49.8 Å². The number of hydrogen-bond acceptors (Lipinski definition) is 4. The first-order chi connectivity index (χ1) is 10.2. The molecule has 1 saturated carbocycles. The molecular weight excluding hydrogens is 260 g/mol. The monoisotopic (exact) mass is 290 g/mol. The fourth-order valence-electron chi connectivity index (χ4n) is 3.25. The molecule has 2 N–H and O–H groups in total. The van der Waals surface area contributed by atoms with Gasteiger partial charge >= 0.3 is 0 Å². The van der Waals surface area contributed by atoms with Crippen molar-refractivity contribution in [2.75, 3.05) is 23.7 Å². The Labute approximate surface area is 129 Å². The minimum Gasteiger partial charge on any atom is -0.370 e. The van der Waals surface area contributed by atoms with Crippen molar-refractivity contribution in [2.45, 2.75) is 65.7 Å². The van der Waals surface area contributed by atoms with Crippen molar-refractivity contribution in [2.24, 2.45) is 5.41 Å². The van der Waals surface area contributed by atoms with Gasteiger partial charge in [0.05, 0.1) is 0 Å². The maximum atomic E-state index is 4.67. The van der Waals surface area contributed by atoms with E-state index in [0.29, 0.717) is 5.41 Å². The molecule has 4 heteroatoms. The van der Waals surface area contributed by atoms with Gasteiger partial charge in [-0.1, -0.05) is 26.7 Å².